The van der Waals surface area contributed by atoms with Crippen LogP contribution < -0.4 is 5.73 Å². The van der Waals surface area contributed by atoms with Crippen LogP contribution >= 0.6 is 0 Å². The van der Waals surface area contributed by atoms with Crippen LogP contribution in [0.1, 0.15) is 38.8 Å². The number of anilines is 1. The van der Waals surface area contributed by atoms with Crippen molar-refractivity contribution in [3.8, 4) is 12.3 Å². The van der Waals surface area contributed by atoms with E-state index in [9.17, 15) is 14.3 Å². The number of esters is 1. The Bertz CT molecular complexity index is 895. The van der Waals surface area contributed by atoms with E-state index < -0.39 is 30.0 Å². The molecule has 0 radical (unpaired) electrons. The predicted molar refractivity (Wildman–Crippen MR) is 92.5 cm³/mol. The number of hydrogen-bond acceptors (Lipinski definition) is 8. The molecule has 0 aliphatic carbocycles. The van der Waals surface area contributed by atoms with E-state index in [2.05, 4.69) is 20.9 Å². The first-order chi connectivity index (χ1) is 12.9. The molecule has 3 heterocycles. The Morgan fingerprint density at radius 3 is 3.11 bits per heavy atom. The highest BCUT2D eigenvalue weighted by molar-refractivity contribution is 5.81. The lowest BCUT2D eigenvalue weighted by Gasteiger charge is -2.26. The second-order valence-electron chi connectivity index (χ2n) is 6.32. The summed E-state index contributed by atoms with van der Waals surface area (Å²) in [5, 5.41) is 10.5. The zero-order valence-electron chi connectivity index (χ0n) is 14.8. The number of fused-ring (bicyclic) bond motifs is 1. The van der Waals surface area contributed by atoms with E-state index in [4.69, 9.17) is 21.6 Å². The largest absolute Gasteiger partial charge is 0.461 e. The van der Waals surface area contributed by atoms with Crippen LogP contribution in [0.15, 0.2) is 6.33 Å². The first kappa shape index (κ1) is 19.0. The quantitative estimate of drug-likeness (QED) is 0.433. The number of carbonyl (C=O) groups is 1. The molecule has 10 heteroatoms. The molecule has 0 amide bonds. The van der Waals surface area contributed by atoms with Crippen molar-refractivity contribution >= 4 is 23.0 Å². The number of halogens is 1. The summed E-state index contributed by atoms with van der Waals surface area (Å²) in [4.78, 5) is 22.9. The van der Waals surface area contributed by atoms with Gasteiger partial charge in [0.15, 0.2) is 22.6 Å². The van der Waals surface area contributed by atoms with Gasteiger partial charge in [-0.1, -0.05) is 19.3 Å². The predicted octanol–water partition coefficient (Wildman–Crippen LogP) is 0.933. The monoisotopic (exact) mass is 377 g/mol. The fourth-order valence-electron chi connectivity index (χ4n) is 2.93. The highest BCUT2D eigenvalue weighted by atomic mass is 19.1. The van der Waals surface area contributed by atoms with Crippen LogP contribution in [-0.4, -0.2) is 48.9 Å². The zero-order valence-corrected chi connectivity index (χ0v) is 14.8. The summed E-state index contributed by atoms with van der Waals surface area (Å²) in [7, 11) is 0. The highest BCUT2D eigenvalue weighted by Gasteiger charge is 2.49. The Balaban J connectivity index is 1.81. The molecular weight excluding hydrogens is 357 g/mol. The Morgan fingerprint density at radius 2 is 2.41 bits per heavy atom. The van der Waals surface area contributed by atoms with Crippen molar-refractivity contribution in [2.24, 2.45) is 0 Å². The summed E-state index contributed by atoms with van der Waals surface area (Å²) in [6, 6.07) is 0. The Labute approximate surface area is 154 Å². The molecule has 0 spiro atoms. The number of imidazole rings is 1. The van der Waals surface area contributed by atoms with Crippen molar-refractivity contribution in [1.82, 2.24) is 19.5 Å². The van der Waals surface area contributed by atoms with Gasteiger partial charge in [-0.2, -0.15) is 14.4 Å². The van der Waals surface area contributed by atoms with Gasteiger partial charge in [0, 0.05) is 12.8 Å². The van der Waals surface area contributed by atoms with Gasteiger partial charge in [0.25, 0.3) is 0 Å². The van der Waals surface area contributed by atoms with Crippen molar-refractivity contribution in [3.63, 3.8) is 0 Å². The number of aliphatic hydroxyl groups is 1. The number of nitrogens with two attached hydrogens (primary N) is 1. The van der Waals surface area contributed by atoms with Crippen molar-refractivity contribution < 1.29 is 23.8 Å². The second-order valence-corrected chi connectivity index (χ2v) is 6.32. The molecule has 0 bridgehead atoms. The van der Waals surface area contributed by atoms with Gasteiger partial charge in [-0.05, 0) is 6.42 Å². The maximum absolute atomic E-state index is 13.5. The van der Waals surface area contributed by atoms with Crippen LogP contribution in [-0.2, 0) is 14.3 Å². The third-order valence-electron chi connectivity index (χ3n) is 4.47. The molecular formula is C17H20FN5O4. The lowest BCUT2D eigenvalue weighted by atomic mass is 9.99. The number of unbranched alkanes of at least 4 members (excludes halogenated alkanes) is 1. The Morgan fingerprint density at radius 1 is 1.63 bits per heavy atom. The molecule has 3 N–H and O–H groups in total. The Hall–Kier alpha value is -2.77. The van der Waals surface area contributed by atoms with Crippen molar-refractivity contribution in [2.75, 3.05) is 12.3 Å². The summed E-state index contributed by atoms with van der Waals surface area (Å²) in [6.07, 6.45) is 5.91. The maximum Gasteiger partial charge on any atom is 0.312 e. The number of rotatable bonds is 6. The van der Waals surface area contributed by atoms with Gasteiger partial charge in [-0.25, -0.2) is 4.98 Å². The standard InChI is InChI=1S/C17H20FN5O4/c1-3-5-6-12(25)26-8-17(4-2)10(24)7-11(27-17)23-9-20-13-14(19)21-16(18)22-15(13)23/h2,9-11,24H,3,5-8H2,1H3,(H2,19,21,22)/t10-,11?,17?/m0/s1. The number of terminal acetylenes is 1. The molecule has 1 aliphatic rings. The summed E-state index contributed by atoms with van der Waals surface area (Å²) in [5.41, 5.74) is 4.46. The minimum absolute atomic E-state index is 0.0771. The number of nitrogen functional groups attached to an aromatic ring is 1. The van der Waals surface area contributed by atoms with E-state index in [0.717, 1.165) is 6.42 Å². The van der Waals surface area contributed by atoms with E-state index in [1.807, 2.05) is 6.92 Å². The van der Waals surface area contributed by atoms with Crippen LogP contribution in [0.5, 0.6) is 0 Å². The first-order valence-corrected chi connectivity index (χ1v) is 8.55. The smallest absolute Gasteiger partial charge is 0.312 e. The van der Waals surface area contributed by atoms with Gasteiger partial charge in [0.1, 0.15) is 18.9 Å². The van der Waals surface area contributed by atoms with Crippen LogP contribution in [0.2, 0.25) is 0 Å². The van der Waals surface area contributed by atoms with Gasteiger partial charge in [0.05, 0.1) is 6.33 Å². The fraction of sp³-hybridized carbons (Fsp3) is 0.529. The zero-order chi connectivity index (χ0) is 19.6. The average Bonchev–Trinajstić information content (AvgIpc) is 3.19. The van der Waals surface area contributed by atoms with Crippen LogP contribution in [0.4, 0.5) is 10.2 Å². The summed E-state index contributed by atoms with van der Waals surface area (Å²) in [6.45, 7) is 1.67. The molecule has 1 fully saturated rings. The van der Waals surface area contributed by atoms with Gasteiger partial charge < -0.3 is 20.3 Å². The van der Waals surface area contributed by atoms with Crippen molar-refractivity contribution in [2.45, 2.75) is 50.5 Å². The number of aliphatic hydroxyl groups excluding tert-OH is 1. The van der Waals surface area contributed by atoms with E-state index in [1.165, 1.54) is 10.9 Å². The first-order valence-electron chi connectivity index (χ1n) is 8.55. The molecule has 0 aromatic carbocycles. The topological polar surface area (TPSA) is 125 Å². The van der Waals surface area contributed by atoms with E-state index in [0.29, 0.717) is 6.42 Å². The molecule has 9 nitrogen and oxygen atoms in total. The lowest BCUT2D eigenvalue weighted by molar-refractivity contribution is -0.156. The van der Waals surface area contributed by atoms with Gasteiger partial charge in [-0.3, -0.25) is 9.36 Å². The van der Waals surface area contributed by atoms with Crippen LogP contribution in [0, 0.1) is 18.4 Å². The van der Waals surface area contributed by atoms with E-state index in [-0.39, 0.29) is 36.4 Å². The van der Waals surface area contributed by atoms with Crippen molar-refractivity contribution in [1.29, 1.82) is 0 Å². The van der Waals surface area contributed by atoms with Gasteiger partial charge in [-0.15, -0.1) is 6.42 Å². The molecule has 0 saturated carbocycles. The molecule has 144 valence electrons. The molecule has 2 unspecified atom stereocenters. The molecule has 27 heavy (non-hydrogen) atoms. The molecule has 3 atom stereocenters. The van der Waals surface area contributed by atoms with E-state index >= 15 is 0 Å². The second kappa shape index (κ2) is 7.46. The molecule has 3 rings (SSSR count). The minimum Gasteiger partial charge on any atom is -0.461 e. The summed E-state index contributed by atoms with van der Waals surface area (Å²) < 4.78 is 26.0. The van der Waals surface area contributed by atoms with Gasteiger partial charge >= 0.3 is 12.0 Å². The molecule has 2 aromatic heterocycles. The number of hydrogen-bond donors (Lipinski definition) is 2. The normalized spacial score (nSPS) is 24.8. The third-order valence-corrected chi connectivity index (χ3v) is 4.47. The molecule has 1 saturated heterocycles. The average molecular weight is 377 g/mol. The van der Waals surface area contributed by atoms with Crippen LogP contribution in [0.3, 0.4) is 0 Å². The number of nitrogens with zero attached hydrogens (tertiary/aromatic N) is 4. The number of aromatic nitrogens is 4. The molecule has 2 aromatic rings. The third kappa shape index (κ3) is 3.56. The number of carbonyl (C=O) groups excluding carboxylic acids is 1. The van der Waals surface area contributed by atoms with Crippen LogP contribution in [0.25, 0.3) is 11.2 Å². The Kier molecular flexibility index (Phi) is 5.25. The summed E-state index contributed by atoms with van der Waals surface area (Å²) in [5.74, 6) is 1.86. The SMILES string of the molecule is C#CC1(COC(=O)CCCC)OC(n2cnc3c(N)nc(F)nc32)C[C@@H]1O. The van der Waals surface area contributed by atoms with E-state index in [1.54, 1.807) is 0 Å². The van der Waals surface area contributed by atoms with Gasteiger partial charge in [0.2, 0.25) is 0 Å². The highest BCUT2D eigenvalue weighted by Crippen LogP contribution is 2.38. The molecule has 1 aliphatic heterocycles. The minimum atomic E-state index is -1.51. The summed E-state index contributed by atoms with van der Waals surface area (Å²) >= 11 is 0. The lowest BCUT2D eigenvalue weighted by Crippen LogP contribution is -2.43. The van der Waals surface area contributed by atoms with Crippen molar-refractivity contribution in [3.05, 3.63) is 12.4 Å². The number of ether oxygens (including phenoxy) is 2. The maximum atomic E-state index is 13.5. The fourth-order valence-corrected chi connectivity index (χ4v) is 2.93.